The van der Waals surface area contributed by atoms with Gasteiger partial charge in [-0.2, -0.15) is 0 Å². The molecule has 0 amide bonds. The Hall–Kier alpha value is -3.65. The Bertz CT molecular complexity index is 1270. The molecule has 0 aliphatic carbocycles. The number of benzene rings is 2. The molecule has 0 radical (unpaired) electrons. The molecule has 0 aliphatic rings. The van der Waals surface area contributed by atoms with Crippen molar-refractivity contribution in [3.05, 3.63) is 78.1 Å². The van der Waals surface area contributed by atoms with Crippen LogP contribution < -0.4 is 9.47 Å². The average Bonchev–Trinajstić information content (AvgIpc) is 3.27. The monoisotopic (exact) mass is 460 g/mol. The Kier molecular flexibility index (Phi) is 6.74. The zero-order chi connectivity index (χ0) is 23.4. The fraction of sp³-hybridized carbons (Fsp3) is 0.200. The van der Waals surface area contributed by atoms with Crippen molar-refractivity contribution in [1.82, 2.24) is 19.7 Å². The maximum absolute atomic E-state index is 13.3. The van der Waals surface area contributed by atoms with Crippen LogP contribution in [0.2, 0.25) is 0 Å². The second-order valence-corrected chi connectivity index (χ2v) is 8.66. The Labute approximate surface area is 196 Å². The first-order valence-corrected chi connectivity index (χ1v) is 11.3. The molecule has 8 heteroatoms. The number of aromatic nitrogens is 4. The van der Waals surface area contributed by atoms with Gasteiger partial charge in [0.2, 0.25) is 0 Å². The molecule has 2 aromatic heterocycles. The normalized spacial score (nSPS) is 11.8. The minimum atomic E-state index is -0.426. The lowest BCUT2D eigenvalue weighted by atomic mass is 10.1. The number of pyridine rings is 1. The zero-order valence-electron chi connectivity index (χ0n) is 18.9. The number of aryl methyl sites for hydroxylation is 1. The van der Waals surface area contributed by atoms with Crippen molar-refractivity contribution in [2.75, 3.05) is 14.2 Å². The first-order valence-electron chi connectivity index (χ1n) is 10.4. The summed E-state index contributed by atoms with van der Waals surface area (Å²) in [6.45, 7) is 3.90. The van der Waals surface area contributed by atoms with Crippen LogP contribution in [0.4, 0.5) is 0 Å². The van der Waals surface area contributed by atoms with E-state index >= 15 is 0 Å². The highest BCUT2D eigenvalue weighted by Crippen LogP contribution is 2.34. The summed E-state index contributed by atoms with van der Waals surface area (Å²) in [5.74, 6) is 1.73. The largest absolute Gasteiger partial charge is 0.497 e. The van der Waals surface area contributed by atoms with Crippen LogP contribution in [0.15, 0.2) is 72.1 Å². The van der Waals surface area contributed by atoms with Gasteiger partial charge in [0, 0.05) is 24.0 Å². The van der Waals surface area contributed by atoms with E-state index in [0.29, 0.717) is 28.0 Å². The summed E-state index contributed by atoms with van der Waals surface area (Å²) in [6, 6.07) is 17.0. The first kappa shape index (κ1) is 22.5. The van der Waals surface area contributed by atoms with Crippen LogP contribution in [0, 0.1) is 6.92 Å². The van der Waals surface area contributed by atoms with Crippen molar-refractivity contribution in [1.29, 1.82) is 0 Å². The molecule has 2 aromatic carbocycles. The number of hydrogen-bond donors (Lipinski definition) is 0. The average molecular weight is 461 g/mol. The third kappa shape index (κ3) is 4.61. The third-order valence-electron chi connectivity index (χ3n) is 5.25. The quantitative estimate of drug-likeness (QED) is 0.270. The van der Waals surface area contributed by atoms with E-state index in [1.165, 1.54) is 11.8 Å². The van der Waals surface area contributed by atoms with E-state index in [0.717, 1.165) is 16.8 Å². The Morgan fingerprint density at radius 2 is 1.76 bits per heavy atom. The van der Waals surface area contributed by atoms with Gasteiger partial charge in [0.1, 0.15) is 11.5 Å². The molecule has 0 N–H and O–H groups in total. The molecule has 0 bridgehead atoms. The predicted molar refractivity (Wildman–Crippen MR) is 129 cm³/mol. The van der Waals surface area contributed by atoms with Gasteiger partial charge in [-0.05, 0) is 49.7 Å². The van der Waals surface area contributed by atoms with Gasteiger partial charge in [-0.15, -0.1) is 10.2 Å². The second kappa shape index (κ2) is 9.87. The van der Waals surface area contributed by atoms with Gasteiger partial charge >= 0.3 is 0 Å². The van der Waals surface area contributed by atoms with Gasteiger partial charge < -0.3 is 9.47 Å². The lowest BCUT2D eigenvalue weighted by molar-refractivity contribution is 0.0991. The smallest absolute Gasteiger partial charge is 0.196 e. The minimum Gasteiger partial charge on any atom is -0.497 e. The molecular formula is C25H24N4O3S. The van der Waals surface area contributed by atoms with Gasteiger partial charge in [0.25, 0.3) is 0 Å². The molecule has 7 nitrogen and oxygen atoms in total. The highest BCUT2D eigenvalue weighted by atomic mass is 32.2. The number of rotatable bonds is 8. The highest BCUT2D eigenvalue weighted by Gasteiger charge is 2.25. The van der Waals surface area contributed by atoms with Crippen LogP contribution >= 0.6 is 11.8 Å². The molecule has 0 unspecified atom stereocenters. The fourth-order valence-corrected chi connectivity index (χ4v) is 4.43. The molecule has 0 saturated heterocycles. The fourth-order valence-electron chi connectivity index (χ4n) is 3.50. The molecule has 1 atom stereocenters. The minimum absolute atomic E-state index is 0.0655. The molecular weight excluding hydrogens is 436 g/mol. The lowest BCUT2D eigenvalue weighted by Gasteiger charge is -2.16. The van der Waals surface area contributed by atoms with Crippen LogP contribution in [0.1, 0.15) is 22.8 Å². The van der Waals surface area contributed by atoms with Gasteiger partial charge in [0.05, 0.1) is 30.7 Å². The lowest BCUT2D eigenvalue weighted by Crippen LogP contribution is -2.16. The molecule has 0 fully saturated rings. The number of hydrogen-bond acceptors (Lipinski definition) is 7. The number of carbonyl (C=O) groups is 1. The van der Waals surface area contributed by atoms with Gasteiger partial charge in [-0.1, -0.05) is 30.0 Å². The Balaban J connectivity index is 1.72. The SMILES string of the molecule is COc1ccc(C(=O)[C@H](C)Sc2nnc(-c3ccncc3)n2-c2ccccc2C)c(OC)c1. The van der Waals surface area contributed by atoms with E-state index in [1.807, 2.05) is 54.8 Å². The maximum Gasteiger partial charge on any atom is 0.196 e. The number of nitrogens with zero attached hydrogens (tertiary/aromatic N) is 4. The van der Waals surface area contributed by atoms with Gasteiger partial charge in [-0.25, -0.2) is 0 Å². The van der Waals surface area contributed by atoms with Crippen LogP contribution in [0.5, 0.6) is 11.5 Å². The van der Waals surface area contributed by atoms with E-state index in [-0.39, 0.29) is 5.78 Å². The predicted octanol–water partition coefficient (Wildman–Crippen LogP) is 5.02. The van der Waals surface area contributed by atoms with Crippen molar-refractivity contribution >= 4 is 17.5 Å². The van der Waals surface area contributed by atoms with Crippen molar-refractivity contribution < 1.29 is 14.3 Å². The Morgan fingerprint density at radius 1 is 1.00 bits per heavy atom. The number of para-hydroxylation sites is 1. The van der Waals surface area contributed by atoms with E-state index in [1.54, 1.807) is 44.8 Å². The standard InChI is InChI=1S/C25H24N4O3S/c1-16-7-5-6-8-21(16)29-24(18-11-13-26-14-12-18)27-28-25(29)33-17(2)23(30)20-10-9-19(31-3)15-22(20)32-4/h5-15,17H,1-4H3/t17-/m0/s1. The molecule has 4 rings (SSSR count). The van der Waals surface area contributed by atoms with Crippen LogP contribution in [0.3, 0.4) is 0 Å². The summed E-state index contributed by atoms with van der Waals surface area (Å²) in [7, 11) is 3.12. The number of ketones is 1. The summed E-state index contributed by atoms with van der Waals surface area (Å²) in [4.78, 5) is 17.4. The molecule has 0 spiro atoms. The van der Waals surface area contributed by atoms with Crippen molar-refractivity contribution in [3.8, 4) is 28.6 Å². The maximum atomic E-state index is 13.3. The van der Waals surface area contributed by atoms with Gasteiger partial charge in [0.15, 0.2) is 16.8 Å². The highest BCUT2D eigenvalue weighted by molar-refractivity contribution is 8.00. The summed E-state index contributed by atoms with van der Waals surface area (Å²) >= 11 is 1.36. The third-order valence-corrected chi connectivity index (χ3v) is 6.30. The molecule has 168 valence electrons. The Morgan fingerprint density at radius 3 is 2.45 bits per heavy atom. The first-order chi connectivity index (χ1) is 16.0. The van der Waals surface area contributed by atoms with E-state index in [2.05, 4.69) is 15.2 Å². The summed E-state index contributed by atoms with van der Waals surface area (Å²) in [6.07, 6.45) is 3.45. The second-order valence-electron chi connectivity index (χ2n) is 7.35. The van der Waals surface area contributed by atoms with E-state index < -0.39 is 5.25 Å². The molecule has 2 heterocycles. The van der Waals surface area contributed by atoms with Crippen molar-refractivity contribution in [2.24, 2.45) is 0 Å². The molecule has 33 heavy (non-hydrogen) atoms. The van der Waals surface area contributed by atoms with Crippen molar-refractivity contribution in [2.45, 2.75) is 24.3 Å². The van der Waals surface area contributed by atoms with Gasteiger partial charge in [-0.3, -0.25) is 14.3 Å². The number of Topliss-reactive ketones (excluding diaryl/α,β-unsaturated/α-hetero) is 1. The molecule has 4 aromatic rings. The summed E-state index contributed by atoms with van der Waals surface area (Å²) < 4.78 is 12.7. The summed E-state index contributed by atoms with van der Waals surface area (Å²) in [5, 5.41) is 9.11. The van der Waals surface area contributed by atoms with Crippen LogP contribution in [-0.4, -0.2) is 45.0 Å². The number of ether oxygens (including phenoxy) is 2. The number of carbonyl (C=O) groups excluding carboxylic acids is 1. The van der Waals surface area contributed by atoms with Crippen LogP contribution in [-0.2, 0) is 0 Å². The van der Waals surface area contributed by atoms with E-state index in [4.69, 9.17) is 9.47 Å². The zero-order valence-corrected chi connectivity index (χ0v) is 19.7. The number of methoxy groups -OCH3 is 2. The topological polar surface area (TPSA) is 79.1 Å². The number of thioether (sulfide) groups is 1. The summed E-state index contributed by atoms with van der Waals surface area (Å²) in [5.41, 5.74) is 3.42. The van der Waals surface area contributed by atoms with E-state index in [9.17, 15) is 4.79 Å². The van der Waals surface area contributed by atoms with Crippen LogP contribution in [0.25, 0.3) is 17.1 Å². The molecule has 0 aliphatic heterocycles. The van der Waals surface area contributed by atoms with Crippen molar-refractivity contribution in [3.63, 3.8) is 0 Å². The molecule has 0 saturated carbocycles.